The first-order chi connectivity index (χ1) is 20.0. The highest BCUT2D eigenvalue weighted by atomic mass is 35.5. The minimum absolute atomic E-state index is 0. The third kappa shape index (κ3) is 8.71. The Kier molecular flexibility index (Phi) is 11.8. The average Bonchev–Trinajstić information content (AvgIpc) is 3.39. The van der Waals surface area contributed by atoms with Crippen LogP contribution in [-0.4, -0.2) is 54.4 Å². The number of ether oxygens (including phenoxy) is 2. The quantitative estimate of drug-likeness (QED) is 0.138. The molecule has 0 bridgehead atoms. The Morgan fingerprint density at radius 3 is 2.09 bits per heavy atom. The molecule has 44 heavy (non-hydrogen) atoms. The molecule has 0 radical (unpaired) electrons. The van der Waals surface area contributed by atoms with Crippen molar-refractivity contribution in [2.45, 2.75) is 31.3 Å². The smallest absolute Gasteiger partial charge is 0.416 e. The van der Waals surface area contributed by atoms with Crippen molar-refractivity contribution in [3.63, 3.8) is 0 Å². The number of benzene rings is 3. The van der Waals surface area contributed by atoms with Crippen LogP contribution in [0, 0.1) is 29.3 Å². The van der Waals surface area contributed by atoms with Gasteiger partial charge in [0.2, 0.25) is 0 Å². The Morgan fingerprint density at radius 1 is 0.909 bits per heavy atom. The van der Waals surface area contributed by atoms with Crippen molar-refractivity contribution in [1.82, 2.24) is 10.2 Å². The van der Waals surface area contributed by atoms with Crippen molar-refractivity contribution >= 4 is 30.8 Å². The number of carboxylic acids is 1. The molecular formula is C30H30Cl2F6N2O4. The summed E-state index contributed by atoms with van der Waals surface area (Å²) in [6, 6.07) is 12.5. The number of rotatable bonds is 12. The lowest BCUT2D eigenvalue weighted by Crippen LogP contribution is -2.33. The topological polar surface area (TPSA) is 71.0 Å². The molecule has 2 aliphatic rings. The number of hydrogen-bond acceptors (Lipinski definition) is 5. The van der Waals surface area contributed by atoms with Gasteiger partial charge in [0.1, 0.15) is 23.9 Å². The highest BCUT2D eigenvalue weighted by Gasteiger charge is 2.55. The third-order valence-electron chi connectivity index (χ3n) is 7.58. The maximum atomic E-state index is 13.9. The largest absolute Gasteiger partial charge is 0.492 e. The molecule has 2 N–H and O–H groups in total. The lowest BCUT2D eigenvalue weighted by Gasteiger charge is -2.20. The fraction of sp³-hybridized carbons (Fsp3) is 0.367. The van der Waals surface area contributed by atoms with Crippen LogP contribution in [0.1, 0.15) is 16.7 Å². The summed E-state index contributed by atoms with van der Waals surface area (Å²) in [5, 5.41) is 13.0. The molecule has 0 aromatic heterocycles. The lowest BCUT2D eigenvalue weighted by molar-refractivity contribution is -0.145. The van der Waals surface area contributed by atoms with Gasteiger partial charge in [-0.15, -0.1) is 24.8 Å². The van der Waals surface area contributed by atoms with Gasteiger partial charge < -0.3 is 19.9 Å². The van der Waals surface area contributed by atoms with E-state index in [0.717, 1.165) is 43.4 Å². The van der Waals surface area contributed by atoms with Crippen LogP contribution in [0.3, 0.4) is 0 Å². The van der Waals surface area contributed by atoms with Crippen LogP contribution >= 0.6 is 24.8 Å². The van der Waals surface area contributed by atoms with Gasteiger partial charge in [-0.05, 0) is 59.9 Å². The highest BCUT2D eigenvalue weighted by molar-refractivity contribution is 5.85. The number of nitrogens with zero attached hydrogens (tertiary/aromatic N) is 1. The zero-order valence-corrected chi connectivity index (χ0v) is 24.7. The molecule has 0 spiro atoms. The summed E-state index contributed by atoms with van der Waals surface area (Å²) in [6.07, 6.45) is -5.78. The van der Waals surface area contributed by atoms with Crippen molar-refractivity contribution in [3.05, 3.63) is 94.8 Å². The second-order valence-electron chi connectivity index (χ2n) is 10.5. The molecule has 3 atom stereocenters. The Labute approximate surface area is 262 Å². The van der Waals surface area contributed by atoms with Gasteiger partial charge in [0.25, 0.3) is 0 Å². The van der Waals surface area contributed by atoms with E-state index < -0.39 is 41.3 Å². The fourth-order valence-corrected chi connectivity index (χ4v) is 5.37. The molecule has 1 saturated heterocycles. The summed E-state index contributed by atoms with van der Waals surface area (Å²) in [4.78, 5) is 13.7. The van der Waals surface area contributed by atoms with Crippen molar-refractivity contribution in [2.75, 3.05) is 26.2 Å². The van der Waals surface area contributed by atoms with Crippen LogP contribution in [0.2, 0.25) is 0 Å². The van der Waals surface area contributed by atoms with Gasteiger partial charge in [-0.2, -0.15) is 13.2 Å². The van der Waals surface area contributed by atoms with Gasteiger partial charge in [0.15, 0.2) is 17.7 Å². The van der Waals surface area contributed by atoms with E-state index in [1.807, 2.05) is 4.90 Å². The molecule has 2 unspecified atom stereocenters. The van der Waals surface area contributed by atoms with Gasteiger partial charge in [-0.3, -0.25) is 4.90 Å². The summed E-state index contributed by atoms with van der Waals surface area (Å²) in [5.74, 6) is -2.82. The van der Waals surface area contributed by atoms with Crippen molar-refractivity contribution in [1.29, 1.82) is 0 Å². The third-order valence-corrected chi connectivity index (χ3v) is 7.58. The molecule has 1 heterocycles. The molecule has 1 aliphatic heterocycles. The minimum atomic E-state index is -4.50. The predicted octanol–water partition coefficient (Wildman–Crippen LogP) is 6.14. The number of carbonyl (C=O) groups is 1. The summed E-state index contributed by atoms with van der Waals surface area (Å²) >= 11 is 0. The number of fused-ring (bicyclic) bond motifs is 1. The van der Waals surface area contributed by atoms with E-state index in [1.54, 1.807) is 24.3 Å². The first kappa shape index (κ1) is 35.3. The van der Waals surface area contributed by atoms with Gasteiger partial charge in [0.05, 0.1) is 5.56 Å². The molecule has 6 nitrogen and oxygen atoms in total. The highest BCUT2D eigenvalue weighted by Crippen LogP contribution is 2.45. The SMILES string of the molecule is Cl.Cl.O=C(O)[C@H](Cc1ccc(OCCNC2C3CN(Cc4cc(F)c(F)cc4F)CC32)cc1)Oc1ccc(C(F)(F)F)cc1. The van der Waals surface area contributed by atoms with Crippen LogP contribution < -0.4 is 14.8 Å². The zero-order valence-electron chi connectivity index (χ0n) is 23.0. The maximum Gasteiger partial charge on any atom is 0.416 e. The molecule has 240 valence electrons. The number of carboxylic acid groups (broad SMARTS) is 1. The van der Waals surface area contributed by atoms with Gasteiger partial charge in [-0.1, -0.05) is 12.1 Å². The number of hydrogen-bond donors (Lipinski definition) is 2. The molecule has 5 rings (SSSR count). The Hall–Kier alpha value is -3.19. The summed E-state index contributed by atoms with van der Waals surface area (Å²) < 4.78 is 89.9. The van der Waals surface area contributed by atoms with Gasteiger partial charge in [-0.25, -0.2) is 18.0 Å². The lowest BCUT2D eigenvalue weighted by atomic mass is 10.1. The normalized spacial score (nSPS) is 19.7. The fourth-order valence-electron chi connectivity index (χ4n) is 5.37. The van der Waals surface area contributed by atoms with Crippen molar-refractivity contribution in [2.24, 2.45) is 11.8 Å². The van der Waals surface area contributed by atoms with E-state index >= 15 is 0 Å². The molecule has 2 fully saturated rings. The first-order valence-corrected chi connectivity index (χ1v) is 13.4. The van der Waals surface area contributed by atoms with E-state index in [0.29, 0.717) is 48.4 Å². The summed E-state index contributed by atoms with van der Waals surface area (Å²) in [7, 11) is 0. The number of piperidine rings is 1. The number of likely N-dealkylation sites (tertiary alicyclic amines) is 1. The standard InChI is InChI=1S/C30H28F6N2O4.2ClH/c31-24-13-26(33)25(32)12-18(24)14-38-15-22-23(16-38)28(22)37-9-10-41-20-5-1-17(2-6-20)11-27(29(39)40)42-21-7-3-19(4-8-21)30(34,35)36;;/h1-8,12-13,22-23,27-28,37H,9-11,14-16H2,(H,39,40);2*1H/t22?,23?,27-,28?;;/m0../s1. The second kappa shape index (κ2) is 14.7. The second-order valence-corrected chi connectivity index (χ2v) is 10.5. The van der Waals surface area contributed by atoms with E-state index in [4.69, 9.17) is 9.47 Å². The minimum Gasteiger partial charge on any atom is -0.492 e. The van der Waals surface area contributed by atoms with E-state index in [1.165, 1.54) is 0 Å². The van der Waals surface area contributed by atoms with Crippen LogP contribution in [0.15, 0.2) is 60.7 Å². The molecule has 14 heteroatoms. The predicted molar refractivity (Wildman–Crippen MR) is 154 cm³/mol. The van der Waals surface area contributed by atoms with Gasteiger partial charge >= 0.3 is 12.1 Å². The number of halogens is 8. The zero-order chi connectivity index (χ0) is 30.0. The van der Waals surface area contributed by atoms with Crippen LogP contribution in [0.25, 0.3) is 0 Å². The monoisotopic (exact) mass is 666 g/mol. The van der Waals surface area contributed by atoms with E-state index in [-0.39, 0.29) is 49.1 Å². The Morgan fingerprint density at radius 2 is 1.50 bits per heavy atom. The van der Waals surface area contributed by atoms with Crippen molar-refractivity contribution in [3.8, 4) is 11.5 Å². The molecule has 3 aromatic carbocycles. The van der Waals surface area contributed by atoms with E-state index in [2.05, 4.69) is 5.32 Å². The molecule has 1 aliphatic carbocycles. The Bertz CT molecular complexity index is 1400. The van der Waals surface area contributed by atoms with Gasteiger partial charge in [0, 0.05) is 50.3 Å². The summed E-state index contributed by atoms with van der Waals surface area (Å²) in [5.41, 5.74) is -0.0584. The molecule has 0 amide bonds. The summed E-state index contributed by atoms with van der Waals surface area (Å²) in [6.45, 7) is 2.70. The van der Waals surface area contributed by atoms with Crippen molar-refractivity contribution < 1.29 is 45.7 Å². The first-order valence-electron chi connectivity index (χ1n) is 13.4. The Balaban J connectivity index is 0.00000264. The molecule has 1 saturated carbocycles. The van der Waals surface area contributed by atoms with E-state index in [9.17, 15) is 36.2 Å². The maximum absolute atomic E-state index is 13.9. The van der Waals surface area contributed by atoms with Crippen LogP contribution in [0.4, 0.5) is 26.3 Å². The van der Waals surface area contributed by atoms with Crippen LogP contribution in [0.5, 0.6) is 11.5 Å². The molecular weight excluding hydrogens is 637 g/mol. The number of aliphatic carboxylic acids is 1. The average molecular weight is 667 g/mol. The molecule has 3 aromatic rings. The number of nitrogens with one attached hydrogen (secondary N) is 1. The van der Waals surface area contributed by atoms with Crippen LogP contribution in [-0.2, 0) is 23.9 Å². The number of alkyl halides is 3.